The van der Waals surface area contributed by atoms with E-state index in [1.54, 1.807) is 7.05 Å². The van der Waals surface area contributed by atoms with Gasteiger partial charge >= 0.3 is 0 Å². The van der Waals surface area contributed by atoms with Gasteiger partial charge in [0.1, 0.15) is 0 Å². The lowest BCUT2D eigenvalue weighted by molar-refractivity contribution is 0.374. The Hall–Kier alpha value is -1.24. The van der Waals surface area contributed by atoms with E-state index < -0.39 is 0 Å². The van der Waals surface area contributed by atoms with Crippen molar-refractivity contribution < 1.29 is 4.52 Å². The Labute approximate surface area is 117 Å². The normalized spacial score (nSPS) is 19.7. The summed E-state index contributed by atoms with van der Waals surface area (Å²) in [5.74, 6) is 3.46. The van der Waals surface area contributed by atoms with E-state index in [0.717, 1.165) is 24.3 Å². The summed E-state index contributed by atoms with van der Waals surface area (Å²) in [4.78, 5) is 8.36. The molecule has 2 rings (SSSR count). The van der Waals surface area contributed by atoms with E-state index in [4.69, 9.17) is 4.52 Å². The van der Waals surface area contributed by atoms with Crippen LogP contribution in [0.4, 0.5) is 0 Å². The zero-order chi connectivity index (χ0) is 13.5. The van der Waals surface area contributed by atoms with Crippen molar-refractivity contribution in [2.75, 3.05) is 25.9 Å². The van der Waals surface area contributed by atoms with Crippen molar-refractivity contribution in [2.45, 2.75) is 31.4 Å². The van der Waals surface area contributed by atoms with Crippen LogP contribution in [0.25, 0.3) is 0 Å². The minimum atomic E-state index is 0.659. The van der Waals surface area contributed by atoms with Crippen molar-refractivity contribution in [2.24, 2.45) is 4.99 Å². The number of hydrogen-bond acceptors (Lipinski definition) is 5. The van der Waals surface area contributed by atoms with Crippen molar-refractivity contribution in [1.82, 2.24) is 20.8 Å². The molecule has 1 fully saturated rings. The molecule has 0 radical (unpaired) electrons. The number of guanidine groups is 1. The lowest BCUT2D eigenvalue weighted by atomic mass is 10.2. The molecular formula is C12H21N5OS. The van der Waals surface area contributed by atoms with Gasteiger partial charge in [-0.1, -0.05) is 5.16 Å². The molecule has 0 spiro atoms. The minimum Gasteiger partial charge on any atom is -0.356 e. The highest BCUT2D eigenvalue weighted by Gasteiger charge is 2.15. The molecule has 0 aliphatic carbocycles. The molecule has 19 heavy (non-hydrogen) atoms. The molecule has 0 saturated carbocycles. The molecule has 2 heterocycles. The number of nitrogens with zero attached hydrogens (tertiary/aromatic N) is 3. The summed E-state index contributed by atoms with van der Waals surface area (Å²) in [6.45, 7) is 3.53. The summed E-state index contributed by atoms with van der Waals surface area (Å²) in [6, 6.07) is 0. The summed E-state index contributed by atoms with van der Waals surface area (Å²) in [7, 11) is 1.79. The Kier molecular flexibility index (Phi) is 5.50. The molecule has 2 N–H and O–H groups in total. The Morgan fingerprint density at radius 2 is 2.42 bits per heavy atom. The van der Waals surface area contributed by atoms with Gasteiger partial charge in [-0.25, -0.2) is 0 Å². The molecule has 1 aliphatic rings. The van der Waals surface area contributed by atoms with Gasteiger partial charge in [-0.15, -0.1) is 0 Å². The average Bonchev–Trinajstić information content (AvgIpc) is 3.05. The van der Waals surface area contributed by atoms with Crippen molar-refractivity contribution >= 4 is 17.7 Å². The van der Waals surface area contributed by atoms with E-state index in [9.17, 15) is 0 Å². The van der Waals surface area contributed by atoms with Gasteiger partial charge < -0.3 is 15.2 Å². The van der Waals surface area contributed by atoms with Gasteiger partial charge in [-0.05, 0) is 25.5 Å². The first-order valence-electron chi connectivity index (χ1n) is 6.63. The van der Waals surface area contributed by atoms with Crippen LogP contribution in [0.15, 0.2) is 9.52 Å². The number of nitrogens with one attached hydrogen (secondary N) is 2. The maximum Gasteiger partial charge on any atom is 0.228 e. The summed E-state index contributed by atoms with van der Waals surface area (Å²) >= 11 is 2.04. The highest BCUT2D eigenvalue weighted by molar-refractivity contribution is 8.00. The molecule has 7 heteroatoms. The second-order valence-corrected chi connectivity index (χ2v) is 5.91. The standard InChI is InChI=1S/C12H21N5OS/c1-9-16-11(18-17-9)5-6-14-12(13-2)15-8-10-4-3-7-19-10/h10H,3-8H2,1-2H3,(H2,13,14,15). The Morgan fingerprint density at radius 1 is 1.53 bits per heavy atom. The van der Waals surface area contributed by atoms with Crippen molar-refractivity contribution in [1.29, 1.82) is 0 Å². The maximum absolute atomic E-state index is 5.06. The van der Waals surface area contributed by atoms with E-state index >= 15 is 0 Å². The number of rotatable bonds is 5. The molecule has 1 unspecified atom stereocenters. The molecule has 1 atom stereocenters. The number of aromatic nitrogens is 2. The van der Waals surface area contributed by atoms with Gasteiger partial charge in [0.2, 0.25) is 5.89 Å². The van der Waals surface area contributed by atoms with Gasteiger partial charge in [-0.3, -0.25) is 4.99 Å². The molecule has 0 bridgehead atoms. The third-order valence-corrected chi connectivity index (χ3v) is 4.34. The molecule has 6 nitrogen and oxygen atoms in total. The zero-order valence-electron chi connectivity index (χ0n) is 11.5. The SMILES string of the molecule is CN=C(NCCc1nc(C)no1)NCC1CCCS1. The van der Waals surface area contributed by atoms with E-state index in [-0.39, 0.29) is 0 Å². The Bertz CT molecular complexity index is 414. The van der Waals surface area contributed by atoms with Gasteiger partial charge in [0, 0.05) is 31.8 Å². The summed E-state index contributed by atoms with van der Waals surface area (Å²) < 4.78 is 5.06. The van der Waals surface area contributed by atoms with Crippen LogP contribution in [0.5, 0.6) is 0 Å². The molecule has 0 aromatic carbocycles. The molecule has 1 aliphatic heterocycles. The van der Waals surface area contributed by atoms with Crippen LogP contribution in [-0.4, -0.2) is 47.2 Å². The van der Waals surface area contributed by atoms with Crippen LogP contribution < -0.4 is 10.6 Å². The quantitative estimate of drug-likeness (QED) is 0.620. The van der Waals surface area contributed by atoms with Crippen LogP contribution in [0.3, 0.4) is 0 Å². The van der Waals surface area contributed by atoms with Crippen LogP contribution in [0, 0.1) is 6.92 Å². The van der Waals surface area contributed by atoms with Gasteiger partial charge in [0.05, 0.1) is 0 Å². The lowest BCUT2D eigenvalue weighted by Crippen LogP contribution is -2.40. The van der Waals surface area contributed by atoms with Crippen molar-refractivity contribution in [3.05, 3.63) is 11.7 Å². The molecule has 1 aromatic heterocycles. The number of aryl methyl sites for hydroxylation is 1. The predicted octanol–water partition coefficient (Wildman–Crippen LogP) is 0.981. The van der Waals surface area contributed by atoms with Crippen LogP contribution in [0.2, 0.25) is 0 Å². The summed E-state index contributed by atoms with van der Waals surface area (Å²) in [5, 5.41) is 11.1. The van der Waals surface area contributed by atoms with E-state index in [1.807, 2.05) is 18.7 Å². The topological polar surface area (TPSA) is 75.3 Å². The van der Waals surface area contributed by atoms with Gasteiger partial charge in [0.15, 0.2) is 11.8 Å². The van der Waals surface area contributed by atoms with E-state index in [2.05, 4.69) is 25.8 Å². The second-order valence-electron chi connectivity index (χ2n) is 4.50. The molecular weight excluding hydrogens is 262 g/mol. The third kappa shape index (κ3) is 4.74. The fourth-order valence-corrected chi connectivity index (χ4v) is 3.17. The van der Waals surface area contributed by atoms with E-state index in [1.165, 1.54) is 18.6 Å². The van der Waals surface area contributed by atoms with Gasteiger partial charge in [-0.2, -0.15) is 16.7 Å². The first-order valence-corrected chi connectivity index (χ1v) is 7.68. The maximum atomic E-state index is 5.06. The highest BCUT2D eigenvalue weighted by Crippen LogP contribution is 2.25. The zero-order valence-corrected chi connectivity index (χ0v) is 12.3. The van der Waals surface area contributed by atoms with Crippen molar-refractivity contribution in [3.8, 4) is 0 Å². The first-order chi connectivity index (χ1) is 9.28. The summed E-state index contributed by atoms with van der Waals surface area (Å²) in [6.07, 6.45) is 3.34. The van der Waals surface area contributed by atoms with Crippen LogP contribution >= 0.6 is 11.8 Å². The molecule has 1 aromatic rings. The fraction of sp³-hybridized carbons (Fsp3) is 0.750. The second kappa shape index (κ2) is 7.37. The Morgan fingerprint density at radius 3 is 3.05 bits per heavy atom. The van der Waals surface area contributed by atoms with Crippen LogP contribution in [0.1, 0.15) is 24.6 Å². The Balaban J connectivity index is 1.64. The number of aliphatic imine (C=N–C) groups is 1. The van der Waals surface area contributed by atoms with Crippen molar-refractivity contribution in [3.63, 3.8) is 0 Å². The monoisotopic (exact) mass is 283 g/mol. The van der Waals surface area contributed by atoms with Gasteiger partial charge in [0.25, 0.3) is 0 Å². The largest absolute Gasteiger partial charge is 0.356 e. The average molecular weight is 283 g/mol. The number of hydrogen-bond donors (Lipinski definition) is 2. The van der Waals surface area contributed by atoms with E-state index in [0.29, 0.717) is 18.1 Å². The summed E-state index contributed by atoms with van der Waals surface area (Å²) in [5.41, 5.74) is 0. The first kappa shape index (κ1) is 14.2. The molecule has 0 amide bonds. The third-order valence-electron chi connectivity index (χ3n) is 2.95. The number of thioether (sulfide) groups is 1. The fourth-order valence-electron chi connectivity index (χ4n) is 1.97. The molecule has 106 valence electrons. The predicted molar refractivity (Wildman–Crippen MR) is 77.6 cm³/mol. The molecule has 1 saturated heterocycles. The minimum absolute atomic E-state index is 0.659. The smallest absolute Gasteiger partial charge is 0.228 e. The lowest BCUT2D eigenvalue weighted by Gasteiger charge is -2.14. The van der Waals surface area contributed by atoms with Crippen LogP contribution in [-0.2, 0) is 6.42 Å². The highest BCUT2D eigenvalue weighted by atomic mass is 32.2.